The molecule has 0 aromatic carbocycles. The van der Waals surface area contributed by atoms with Gasteiger partial charge in [-0.05, 0) is 5.41 Å². The molecule has 1 atom stereocenters. The number of hydrogen-bond acceptors (Lipinski definition) is 4. The summed E-state index contributed by atoms with van der Waals surface area (Å²) in [6.45, 7) is 5.90. The van der Waals surface area contributed by atoms with Gasteiger partial charge in [0, 0.05) is 19.5 Å². The Bertz CT molecular complexity index is 258. The molecular weight excluding hydrogens is 208 g/mol. The highest BCUT2D eigenvalue weighted by atomic mass is 16.5. The quantitative estimate of drug-likeness (QED) is 0.709. The first-order chi connectivity index (χ1) is 7.18. The number of hydrogen-bond donors (Lipinski definition) is 1. The summed E-state index contributed by atoms with van der Waals surface area (Å²) < 4.78 is 4.48. The van der Waals surface area contributed by atoms with Gasteiger partial charge in [0.1, 0.15) is 6.54 Å². The Morgan fingerprint density at radius 1 is 1.38 bits per heavy atom. The Hall–Kier alpha value is -1.10. The standard InChI is InChI=1S/C11H22N2O3/c1-11(2,3)8(12)6-9(14)13(4)7-10(15)16-5/h8H,6-7,12H2,1-5H3. The summed E-state index contributed by atoms with van der Waals surface area (Å²) in [7, 11) is 2.86. The van der Waals surface area contributed by atoms with Crippen LogP contribution in [0.4, 0.5) is 0 Å². The molecule has 5 nitrogen and oxygen atoms in total. The summed E-state index contributed by atoms with van der Waals surface area (Å²) in [5.74, 6) is -0.576. The van der Waals surface area contributed by atoms with Crippen molar-refractivity contribution in [2.75, 3.05) is 20.7 Å². The average molecular weight is 230 g/mol. The van der Waals surface area contributed by atoms with Gasteiger partial charge in [0.05, 0.1) is 7.11 Å². The Kier molecular flexibility index (Phi) is 5.44. The third kappa shape index (κ3) is 5.11. The number of nitrogens with zero attached hydrogens (tertiary/aromatic N) is 1. The van der Waals surface area contributed by atoms with E-state index in [1.54, 1.807) is 7.05 Å². The number of carbonyl (C=O) groups is 2. The highest BCUT2D eigenvalue weighted by Crippen LogP contribution is 2.20. The number of nitrogens with two attached hydrogens (primary N) is 1. The van der Waals surface area contributed by atoms with Crippen molar-refractivity contribution >= 4 is 11.9 Å². The van der Waals surface area contributed by atoms with Crippen LogP contribution >= 0.6 is 0 Å². The van der Waals surface area contributed by atoms with E-state index in [1.807, 2.05) is 20.8 Å². The van der Waals surface area contributed by atoms with Gasteiger partial charge in [-0.1, -0.05) is 20.8 Å². The topological polar surface area (TPSA) is 72.6 Å². The highest BCUT2D eigenvalue weighted by Gasteiger charge is 2.25. The maximum atomic E-state index is 11.7. The lowest BCUT2D eigenvalue weighted by Gasteiger charge is -2.28. The van der Waals surface area contributed by atoms with Gasteiger partial charge in [0.2, 0.25) is 5.91 Å². The molecule has 0 spiro atoms. The van der Waals surface area contributed by atoms with Gasteiger partial charge in [-0.25, -0.2) is 0 Å². The van der Waals surface area contributed by atoms with E-state index in [4.69, 9.17) is 5.73 Å². The molecule has 16 heavy (non-hydrogen) atoms. The third-order valence-corrected chi connectivity index (χ3v) is 2.53. The fraction of sp³-hybridized carbons (Fsp3) is 0.818. The van der Waals surface area contributed by atoms with Crippen LogP contribution in [0.3, 0.4) is 0 Å². The molecule has 0 saturated carbocycles. The number of methoxy groups -OCH3 is 1. The van der Waals surface area contributed by atoms with Crippen molar-refractivity contribution in [2.45, 2.75) is 33.2 Å². The molecule has 1 unspecified atom stereocenters. The average Bonchev–Trinajstić information content (AvgIpc) is 2.15. The summed E-state index contributed by atoms with van der Waals surface area (Å²) in [5, 5.41) is 0. The van der Waals surface area contributed by atoms with E-state index in [0.717, 1.165) is 0 Å². The molecule has 0 aliphatic carbocycles. The van der Waals surface area contributed by atoms with Crippen molar-refractivity contribution < 1.29 is 14.3 Å². The molecule has 2 N–H and O–H groups in total. The summed E-state index contributed by atoms with van der Waals surface area (Å²) in [6, 6.07) is -0.222. The van der Waals surface area contributed by atoms with Crippen molar-refractivity contribution in [3.8, 4) is 0 Å². The summed E-state index contributed by atoms with van der Waals surface area (Å²) in [6.07, 6.45) is 0.233. The van der Waals surface area contributed by atoms with Crippen molar-refractivity contribution in [1.82, 2.24) is 4.90 Å². The molecule has 0 rings (SSSR count). The maximum Gasteiger partial charge on any atom is 0.325 e. The molecule has 0 fully saturated rings. The lowest BCUT2D eigenvalue weighted by atomic mass is 9.85. The van der Waals surface area contributed by atoms with Crippen molar-refractivity contribution in [1.29, 1.82) is 0 Å². The molecule has 0 bridgehead atoms. The van der Waals surface area contributed by atoms with E-state index in [0.29, 0.717) is 0 Å². The monoisotopic (exact) mass is 230 g/mol. The zero-order valence-electron chi connectivity index (χ0n) is 10.7. The molecule has 94 valence electrons. The Balaban J connectivity index is 4.21. The van der Waals surface area contributed by atoms with E-state index in [2.05, 4.69) is 4.74 Å². The first-order valence-electron chi connectivity index (χ1n) is 5.25. The summed E-state index contributed by atoms with van der Waals surface area (Å²) in [4.78, 5) is 24.0. The van der Waals surface area contributed by atoms with Gasteiger partial charge in [0.25, 0.3) is 0 Å². The Morgan fingerprint density at radius 3 is 2.25 bits per heavy atom. The summed E-state index contributed by atoms with van der Waals surface area (Å²) in [5.41, 5.74) is 5.77. The SMILES string of the molecule is COC(=O)CN(C)C(=O)CC(N)C(C)(C)C. The van der Waals surface area contributed by atoms with Crippen LogP contribution in [0.25, 0.3) is 0 Å². The second-order valence-electron chi connectivity index (χ2n) is 5.00. The van der Waals surface area contributed by atoms with Crippen molar-refractivity contribution in [3.05, 3.63) is 0 Å². The molecule has 5 heteroatoms. The lowest BCUT2D eigenvalue weighted by molar-refractivity contribution is -0.146. The number of amides is 1. The van der Waals surface area contributed by atoms with Gasteiger partial charge in [-0.15, -0.1) is 0 Å². The molecule has 0 aromatic heterocycles. The first kappa shape index (κ1) is 14.9. The van der Waals surface area contributed by atoms with Crippen LogP contribution in [0.5, 0.6) is 0 Å². The fourth-order valence-corrected chi connectivity index (χ4v) is 0.997. The number of esters is 1. The fourth-order valence-electron chi connectivity index (χ4n) is 0.997. The second kappa shape index (κ2) is 5.84. The van der Waals surface area contributed by atoms with Crippen LogP contribution in [0, 0.1) is 5.41 Å². The zero-order chi connectivity index (χ0) is 12.9. The minimum absolute atomic E-state index is 0.0355. The molecule has 0 heterocycles. The van der Waals surface area contributed by atoms with Crippen molar-refractivity contribution in [2.24, 2.45) is 11.1 Å². The van der Waals surface area contributed by atoms with E-state index >= 15 is 0 Å². The molecule has 0 aliphatic heterocycles. The van der Waals surface area contributed by atoms with Crippen LogP contribution in [0.2, 0.25) is 0 Å². The highest BCUT2D eigenvalue weighted by molar-refractivity contribution is 5.82. The van der Waals surface area contributed by atoms with E-state index < -0.39 is 5.97 Å². The predicted octanol–water partition coefficient (Wildman–Crippen LogP) is 0.381. The zero-order valence-corrected chi connectivity index (χ0v) is 10.7. The molecule has 0 saturated heterocycles. The van der Waals surface area contributed by atoms with Crippen LogP contribution in [0.1, 0.15) is 27.2 Å². The van der Waals surface area contributed by atoms with E-state index in [1.165, 1.54) is 12.0 Å². The van der Waals surface area contributed by atoms with Crippen molar-refractivity contribution in [3.63, 3.8) is 0 Å². The number of likely N-dealkylation sites (N-methyl/N-ethyl adjacent to an activating group) is 1. The Morgan fingerprint density at radius 2 is 1.88 bits per heavy atom. The largest absolute Gasteiger partial charge is 0.468 e. The molecule has 0 aromatic rings. The van der Waals surface area contributed by atoms with E-state index in [-0.39, 0.29) is 30.3 Å². The third-order valence-electron chi connectivity index (χ3n) is 2.53. The maximum absolute atomic E-state index is 11.7. The predicted molar refractivity (Wildman–Crippen MR) is 61.7 cm³/mol. The minimum atomic E-state index is -0.430. The lowest BCUT2D eigenvalue weighted by Crippen LogP contribution is -2.42. The van der Waals surface area contributed by atoms with E-state index in [9.17, 15) is 9.59 Å². The molecular formula is C11H22N2O3. The second-order valence-corrected chi connectivity index (χ2v) is 5.00. The minimum Gasteiger partial charge on any atom is -0.468 e. The van der Waals surface area contributed by atoms with Gasteiger partial charge in [-0.2, -0.15) is 0 Å². The van der Waals surface area contributed by atoms with Crippen LogP contribution in [-0.4, -0.2) is 43.5 Å². The number of carbonyl (C=O) groups excluding carboxylic acids is 2. The first-order valence-corrected chi connectivity index (χ1v) is 5.25. The normalized spacial score (nSPS) is 13.1. The van der Waals surface area contributed by atoms with Gasteiger partial charge < -0.3 is 15.4 Å². The van der Waals surface area contributed by atoms with Crippen LogP contribution < -0.4 is 5.73 Å². The molecule has 0 aliphatic rings. The molecule has 1 amide bonds. The summed E-state index contributed by atoms with van der Waals surface area (Å²) >= 11 is 0. The van der Waals surface area contributed by atoms with Crippen LogP contribution in [-0.2, 0) is 14.3 Å². The van der Waals surface area contributed by atoms with Gasteiger partial charge >= 0.3 is 5.97 Å². The Labute approximate surface area is 96.9 Å². The molecule has 0 radical (unpaired) electrons. The van der Waals surface area contributed by atoms with Gasteiger partial charge in [0.15, 0.2) is 0 Å². The smallest absolute Gasteiger partial charge is 0.325 e. The van der Waals surface area contributed by atoms with Gasteiger partial charge in [-0.3, -0.25) is 9.59 Å². The number of rotatable bonds is 4. The number of ether oxygens (including phenoxy) is 1. The van der Waals surface area contributed by atoms with Crippen LogP contribution in [0.15, 0.2) is 0 Å².